The second-order valence-corrected chi connectivity index (χ2v) is 9.92. The van der Waals surface area contributed by atoms with Gasteiger partial charge in [-0.1, -0.05) is 24.3 Å². The van der Waals surface area contributed by atoms with E-state index in [9.17, 15) is 31.2 Å². The highest BCUT2D eigenvalue weighted by Crippen LogP contribution is 2.32. The molecule has 0 radical (unpaired) electrons. The van der Waals surface area contributed by atoms with Crippen LogP contribution in [0.25, 0.3) is 0 Å². The first kappa shape index (κ1) is 26.6. The van der Waals surface area contributed by atoms with Crippen LogP contribution in [0, 0.1) is 12.3 Å². The van der Waals surface area contributed by atoms with Crippen LogP contribution in [0.2, 0.25) is 0 Å². The lowest BCUT2D eigenvalue weighted by atomic mass is 9.96. The molecule has 0 aliphatic rings. The lowest BCUT2D eigenvalue weighted by Crippen LogP contribution is -2.34. The fourth-order valence-corrected chi connectivity index (χ4v) is 4.11. The maximum atomic E-state index is 13.3. The molecule has 9 nitrogen and oxygen atoms in total. The average Bonchev–Trinajstić information content (AvgIpc) is 2.81. The summed E-state index contributed by atoms with van der Waals surface area (Å²) in [6, 6.07) is 9.26. The predicted molar refractivity (Wildman–Crippen MR) is 124 cm³/mol. The Kier molecular flexibility index (Phi) is 7.36. The third-order valence-corrected chi connectivity index (χ3v) is 6.46. The first-order chi connectivity index (χ1) is 16.7. The number of alkyl halides is 3. The number of benzene rings is 2. The van der Waals surface area contributed by atoms with Crippen molar-refractivity contribution in [3.05, 3.63) is 98.5 Å². The molecule has 0 saturated carbocycles. The van der Waals surface area contributed by atoms with E-state index in [1.807, 2.05) is 0 Å². The van der Waals surface area contributed by atoms with Gasteiger partial charge in [0.2, 0.25) is 0 Å². The zero-order valence-electron chi connectivity index (χ0n) is 18.9. The minimum absolute atomic E-state index is 0.00961. The fourth-order valence-electron chi connectivity index (χ4n) is 3.48. The lowest BCUT2D eigenvalue weighted by Gasteiger charge is -2.21. The first-order valence-electron chi connectivity index (χ1n) is 10.2. The molecule has 1 atom stereocenters. The van der Waals surface area contributed by atoms with Gasteiger partial charge in [-0.3, -0.25) is 25.7 Å². The topological polar surface area (TPSA) is 152 Å². The summed E-state index contributed by atoms with van der Waals surface area (Å²) in [5.74, 6) is -1.47. The Labute approximate surface area is 203 Å². The Balaban J connectivity index is 2.11. The van der Waals surface area contributed by atoms with Crippen LogP contribution in [0.5, 0.6) is 0 Å². The molecule has 5 N–H and O–H groups in total. The van der Waals surface area contributed by atoms with E-state index in [2.05, 4.69) is 10.3 Å². The van der Waals surface area contributed by atoms with Crippen LogP contribution in [0.1, 0.15) is 44.3 Å². The van der Waals surface area contributed by atoms with E-state index < -0.39 is 50.5 Å². The monoisotopic (exact) mass is 522 g/mol. The number of amides is 1. The third-order valence-electron chi connectivity index (χ3n) is 5.33. The van der Waals surface area contributed by atoms with Crippen LogP contribution >= 0.6 is 0 Å². The quantitative estimate of drug-likeness (QED) is 0.191. The first-order valence-corrected chi connectivity index (χ1v) is 12.1. The molecule has 0 spiro atoms. The Morgan fingerprint density at radius 2 is 1.69 bits per heavy atom. The highest BCUT2D eigenvalue weighted by molar-refractivity contribution is 7.90. The molecule has 0 saturated heterocycles. The molecule has 1 aromatic heterocycles. The van der Waals surface area contributed by atoms with E-state index >= 15 is 0 Å². The van der Waals surface area contributed by atoms with Gasteiger partial charge in [-0.05, 0) is 48.4 Å². The number of nitrogens with one attached hydrogen (secondary N) is 4. The molecule has 13 heteroatoms. The normalized spacial score (nSPS) is 12.6. The van der Waals surface area contributed by atoms with Crippen molar-refractivity contribution in [1.82, 2.24) is 15.8 Å². The zero-order valence-corrected chi connectivity index (χ0v) is 19.7. The largest absolute Gasteiger partial charge is 0.416 e. The van der Waals surface area contributed by atoms with Gasteiger partial charge in [0.15, 0.2) is 15.7 Å². The van der Waals surface area contributed by atoms with Gasteiger partial charge >= 0.3 is 6.18 Å². The van der Waals surface area contributed by atoms with E-state index in [0.717, 1.165) is 30.5 Å². The molecule has 3 rings (SSSR count). The smallest absolute Gasteiger partial charge is 0.341 e. The molecule has 190 valence electrons. The molecule has 1 unspecified atom stereocenters. The minimum atomic E-state index is -4.66. The molecule has 0 aliphatic carbocycles. The molecular weight excluding hydrogens is 501 g/mol. The van der Waals surface area contributed by atoms with Crippen LogP contribution in [-0.2, 0) is 16.0 Å². The number of carbonyl (C=O) groups is 1. The summed E-state index contributed by atoms with van der Waals surface area (Å²) in [7, 11) is -3.56. The predicted octanol–water partition coefficient (Wildman–Crippen LogP) is 2.93. The maximum absolute atomic E-state index is 13.3. The van der Waals surface area contributed by atoms with Crippen molar-refractivity contribution in [2.45, 2.75) is 24.0 Å². The Morgan fingerprint density at radius 3 is 2.25 bits per heavy atom. The summed E-state index contributed by atoms with van der Waals surface area (Å²) in [5, 5.41) is 19.3. The molecule has 1 heterocycles. The van der Waals surface area contributed by atoms with Gasteiger partial charge in [-0.25, -0.2) is 8.42 Å². The van der Waals surface area contributed by atoms with E-state index in [0.29, 0.717) is 0 Å². The zero-order chi connectivity index (χ0) is 26.8. The summed E-state index contributed by atoms with van der Waals surface area (Å²) >= 11 is 0. The maximum Gasteiger partial charge on any atom is 0.416 e. The number of rotatable bonds is 6. The second kappa shape index (κ2) is 9.95. The number of sulfone groups is 1. The number of hydrogen-bond donors (Lipinski definition) is 5. The van der Waals surface area contributed by atoms with Gasteiger partial charge in [0.05, 0.1) is 16.5 Å². The Bertz CT molecular complexity index is 1480. The minimum Gasteiger partial charge on any atom is -0.341 e. The fraction of sp³-hybridized carbons (Fsp3) is 0.174. The number of halogens is 3. The van der Waals surface area contributed by atoms with Crippen molar-refractivity contribution in [2.24, 2.45) is 0 Å². The molecule has 1 amide bonds. The molecule has 0 fully saturated rings. The van der Waals surface area contributed by atoms with Crippen LogP contribution < -0.4 is 16.4 Å². The van der Waals surface area contributed by atoms with E-state index in [1.54, 1.807) is 5.48 Å². The van der Waals surface area contributed by atoms with Gasteiger partial charge in [0.25, 0.3) is 11.5 Å². The summed E-state index contributed by atoms with van der Waals surface area (Å²) in [6.45, 7) is 1.44. The van der Waals surface area contributed by atoms with Crippen molar-refractivity contribution in [2.75, 3.05) is 6.26 Å². The van der Waals surface area contributed by atoms with Crippen LogP contribution in [0.15, 0.2) is 64.3 Å². The SMILES string of the molecule is Cc1[nH]c(=O)c(C(=O)NC(c2ccc(S(C)(=O)=O)cc2)c2cccc(C(F)(F)F)c2)cc1C(=N)NO. The third kappa shape index (κ3) is 5.80. The number of aromatic amines is 1. The van der Waals surface area contributed by atoms with Crippen LogP contribution in [0.4, 0.5) is 13.2 Å². The molecule has 0 aliphatic heterocycles. The molecule has 0 bridgehead atoms. The van der Waals surface area contributed by atoms with Crippen molar-refractivity contribution >= 4 is 21.6 Å². The van der Waals surface area contributed by atoms with E-state index in [-0.39, 0.29) is 27.3 Å². The van der Waals surface area contributed by atoms with Gasteiger partial charge in [-0.2, -0.15) is 13.2 Å². The van der Waals surface area contributed by atoms with Crippen LogP contribution in [0.3, 0.4) is 0 Å². The van der Waals surface area contributed by atoms with Crippen molar-refractivity contribution in [3.8, 4) is 0 Å². The van der Waals surface area contributed by atoms with Gasteiger partial charge in [0, 0.05) is 17.5 Å². The molecule has 2 aromatic carbocycles. The van der Waals surface area contributed by atoms with Gasteiger partial charge in [0.1, 0.15) is 5.56 Å². The molecule has 3 aromatic rings. The number of carbonyl (C=O) groups excluding carboxylic acids is 1. The lowest BCUT2D eigenvalue weighted by molar-refractivity contribution is -0.137. The number of H-pyrrole nitrogens is 1. The highest BCUT2D eigenvalue weighted by Gasteiger charge is 2.31. The summed E-state index contributed by atoms with van der Waals surface area (Å²) < 4.78 is 63.6. The molecule has 36 heavy (non-hydrogen) atoms. The average molecular weight is 523 g/mol. The number of aromatic nitrogens is 1. The molecular formula is C23H21F3N4O5S. The van der Waals surface area contributed by atoms with Crippen molar-refractivity contribution in [3.63, 3.8) is 0 Å². The summed E-state index contributed by atoms with van der Waals surface area (Å²) in [4.78, 5) is 27.9. The number of amidine groups is 1. The van der Waals surface area contributed by atoms with Crippen molar-refractivity contribution < 1.29 is 31.6 Å². The van der Waals surface area contributed by atoms with Crippen molar-refractivity contribution in [1.29, 1.82) is 5.41 Å². The number of pyridine rings is 1. The van der Waals surface area contributed by atoms with Crippen LogP contribution in [-0.4, -0.2) is 36.6 Å². The summed E-state index contributed by atoms with van der Waals surface area (Å²) in [5.41, 5.74) is -0.160. The number of hydrogen-bond acceptors (Lipinski definition) is 6. The van der Waals surface area contributed by atoms with Gasteiger partial charge < -0.3 is 10.3 Å². The standard InChI is InChI=1S/C23H21F3N4O5S/c1-12-17(20(27)30-33)11-18(21(31)28-12)22(32)29-19(13-6-8-16(9-7-13)36(2,34)35)14-4-3-5-15(10-14)23(24,25)26/h3-11,19,33H,1-2H3,(H2,27,30)(H,28,31)(H,29,32). The Morgan fingerprint density at radius 1 is 1.06 bits per heavy atom. The summed E-state index contributed by atoms with van der Waals surface area (Å²) in [6.07, 6.45) is -3.67. The van der Waals surface area contributed by atoms with E-state index in [1.165, 1.54) is 37.3 Å². The number of hydroxylamine groups is 1. The Hall–Kier alpha value is -3.97. The highest BCUT2D eigenvalue weighted by atomic mass is 32.2. The van der Waals surface area contributed by atoms with Gasteiger partial charge in [-0.15, -0.1) is 0 Å². The van der Waals surface area contributed by atoms with E-state index in [4.69, 9.17) is 10.6 Å². The second-order valence-electron chi connectivity index (χ2n) is 7.91. The number of aryl methyl sites for hydroxylation is 1.